The summed E-state index contributed by atoms with van der Waals surface area (Å²) in [5.41, 5.74) is 0.934. The minimum Gasteiger partial charge on any atom is -0.342 e. The summed E-state index contributed by atoms with van der Waals surface area (Å²) in [6, 6.07) is 10.8. The minimum absolute atomic E-state index is 0.0458. The molecule has 1 unspecified atom stereocenters. The van der Waals surface area contributed by atoms with Crippen molar-refractivity contribution in [1.29, 1.82) is 0 Å². The largest absolute Gasteiger partial charge is 0.342 e. The molecule has 2 N–H and O–H groups in total. The molecule has 0 saturated heterocycles. The van der Waals surface area contributed by atoms with Gasteiger partial charge in [0, 0.05) is 17.8 Å². The summed E-state index contributed by atoms with van der Waals surface area (Å²) in [5.74, 6) is 0.195. The van der Waals surface area contributed by atoms with Crippen LogP contribution in [0, 0.1) is 0 Å². The molecule has 142 valence electrons. The standard InChI is InChI=1S/C18H21N5O3S/c1-12(2)22-27(25,26)15-8-6-7-14(11-15)18(24)19-13(3)17-21-20-16-9-4-5-10-23(16)17/h4-13,22H,1-3H3,(H,19,24). The number of hydrogen-bond acceptors (Lipinski definition) is 5. The predicted molar refractivity (Wildman–Crippen MR) is 101 cm³/mol. The van der Waals surface area contributed by atoms with E-state index in [-0.39, 0.29) is 16.5 Å². The van der Waals surface area contributed by atoms with E-state index >= 15 is 0 Å². The van der Waals surface area contributed by atoms with Gasteiger partial charge in [-0.2, -0.15) is 0 Å². The molecule has 0 aliphatic carbocycles. The molecule has 0 saturated carbocycles. The summed E-state index contributed by atoms with van der Waals surface area (Å²) in [6.07, 6.45) is 1.82. The molecule has 8 nitrogen and oxygen atoms in total. The van der Waals surface area contributed by atoms with Gasteiger partial charge in [-0.15, -0.1) is 10.2 Å². The molecule has 3 aromatic rings. The van der Waals surface area contributed by atoms with Crippen LogP contribution in [-0.4, -0.2) is 35.0 Å². The molecule has 2 aromatic heterocycles. The molecule has 9 heteroatoms. The Bertz CT molecular complexity index is 1080. The molecule has 0 aliphatic rings. The Kier molecular flexibility index (Phi) is 5.24. The molecule has 0 bridgehead atoms. The summed E-state index contributed by atoms with van der Waals surface area (Å²) in [7, 11) is -3.67. The lowest BCUT2D eigenvalue weighted by Crippen LogP contribution is -2.31. The predicted octanol–water partition coefficient (Wildman–Crippen LogP) is 1.91. The van der Waals surface area contributed by atoms with Gasteiger partial charge in [0.1, 0.15) is 0 Å². The number of benzene rings is 1. The second-order valence-corrected chi connectivity index (χ2v) is 8.20. The van der Waals surface area contributed by atoms with Crippen LogP contribution in [0.3, 0.4) is 0 Å². The average Bonchev–Trinajstić information content (AvgIpc) is 3.05. The molecule has 0 radical (unpaired) electrons. The zero-order valence-electron chi connectivity index (χ0n) is 15.2. The Balaban J connectivity index is 1.81. The lowest BCUT2D eigenvalue weighted by Gasteiger charge is -2.14. The molecular formula is C18H21N5O3S. The average molecular weight is 387 g/mol. The van der Waals surface area contributed by atoms with Crippen molar-refractivity contribution < 1.29 is 13.2 Å². The Labute approximate surface area is 157 Å². The van der Waals surface area contributed by atoms with Crippen molar-refractivity contribution in [3.63, 3.8) is 0 Å². The highest BCUT2D eigenvalue weighted by Gasteiger charge is 2.20. The van der Waals surface area contributed by atoms with Crippen LogP contribution in [0.4, 0.5) is 0 Å². The fourth-order valence-electron chi connectivity index (χ4n) is 2.68. The molecule has 1 aromatic carbocycles. The molecular weight excluding hydrogens is 366 g/mol. The normalized spacial score (nSPS) is 13.0. The number of rotatable bonds is 6. The molecule has 1 amide bonds. The SMILES string of the molecule is CC(C)NS(=O)(=O)c1cccc(C(=O)NC(C)c2nnc3ccccn23)c1. The number of pyridine rings is 1. The van der Waals surface area contributed by atoms with Crippen molar-refractivity contribution in [1.82, 2.24) is 24.6 Å². The first-order valence-electron chi connectivity index (χ1n) is 8.51. The number of hydrogen-bond donors (Lipinski definition) is 2. The Morgan fingerprint density at radius 1 is 1.07 bits per heavy atom. The monoisotopic (exact) mass is 387 g/mol. The summed E-state index contributed by atoms with van der Waals surface area (Å²) >= 11 is 0. The van der Waals surface area contributed by atoms with Crippen LogP contribution in [0.1, 0.15) is 43.0 Å². The highest BCUT2D eigenvalue weighted by atomic mass is 32.2. The van der Waals surface area contributed by atoms with Gasteiger partial charge in [-0.3, -0.25) is 9.20 Å². The number of sulfonamides is 1. The summed E-state index contributed by atoms with van der Waals surface area (Å²) in [4.78, 5) is 12.6. The number of fused-ring (bicyclic) bond motifs is 1. The number of nitrogens with zero attached hydrogens (tertiary/aromatic N) is 3. The van der Waals surface area contributed by atoms with Gasteiger partial charge in [0.15, 0.2) is 11.5 Å². The van der Waals surface area contributed by atoms with Crippen LogP contribution in [0.15, 0.2) is 53.6 Å². The van der Waals surface area contributed by atoms with E-state index in [1.807, 2.05) is 24.4 Å². The van der Waals surface area contributed by atoms with Gasteiger partial charge in [-0.1, -0.05) is 12.1 Å². The number of nitrogens with one attached hydrogen (secondary N) is 2. The van der Waals surface area contributed by atoms with Gasteiger partial charge in [-0.25, -0.2) is 13.1 Å². The van der Waals surface area contributed by atoms with E-state index in [0.29, 0.717) is 11.5 Å². The first-order valence-corrected chi connectivity index (χ1v) is 9.99. The van der Waals surface area contributed by atoms with Crippen molar-refractivity contribution in [3.05, 3.63) is 60.0 Å². The van der Waals surface area contributed by atoms with E-state index in [1.54, 1.807) is 37.3 Å². The highest BCUT2D eigenvalue weighted by Crippen LogP contribution is 2.15. The Morgan fingerprint density at radius 3 is 2.59 bits per heavy atom. The third-order valence-electron chi connectivity index (χ3n) is 3.87. The fourth-order valence-corrected chi connectivity index (χ4v) is 3.98. The second kappa shape index (κ2) is 7.45. The van der Waals surface area contributed by atoms with E-state index in [1.165, 1.54) is 12.1 Å². The smallest absolute Gasteiger partial charge is 0.251 e. The molecule has 3 rings (SSSR count). The zero-order valence-corrected chi connectivity index (χ0v) is 16.1. The third kappa shape index (κ3) is 4.15. The zero-order chi connectivity index (χ0) is 19.6. The third-order valence-corrected chi connectivity index (χ3v) is 5.53. The van der Waals surface area contributed by atoms with E-state index in [4.69, 9.17) is 0 Å². The molecule has 0 spiro atoms. The topological polar surface area (TPSA) is 105 Å². The van der Waals surface area contributed by atoms with Crippen LogP contribution in [-0.2, 0) is 10.0 Å². The molecule has 1 atom stereocenters. The number of carbonyl (C=O) groups excluding carboxylic acids is 1. The van der Waals surface area contributed by atoms with Crippen molar-refractivity contribution in [2.75, 3.05) is 0 Å². The van der Waals surface area contributed by atoms with Crippen LogP contribution < -0.4 is 10.0 Å². The summed E-state index contributed by atoms with van der Waals surface area (Å²) in [6.45, 7) is 5.26. The molecule has 0 aliphatic heterocycles. The number of carbonyl (C=O) groups is 1. The Morgan fingerprint density at radius 2 is 1.85 bits per heavy atom. The molecule has 27 heavy (non-hydrogen) atoms. The molecule has 2 heterocycles. The summed E-state index contributed by atoms with van der Waals surface area (Å²) in [5, 5.41) is 11.0. The van der Waals surface area contributed by atoms with Crippen molar-refractivity contribution in [3.8, 4) is 0 Å². The first-order chi connectivity index (χ1) is 12.8. The maximum absolute atomic E-state index is 12.6. The maximum Gasteiger partial charge on any atom is 0.251 e. The fraction of sp³-hybridized carbons (Fsp3) is 0.278. The second-order valence-electron chi connectivity index (χ2n) is 6.49. The van der Waals surface area contributed by atoms with E-state index in [0.717, 1.165) is 0 Å². The van der Waals surface area contributed by atoms with Gasteiger partial charge in [0.2, 0.25) is 10.0 Å². The quantitative estimate of drug-likeness (QED) is 0.672. The highest BCUT2D eigenvalue weighted by molar-refractivity contribution is 7.89. The lowest BCUT2D eigenvalue weighted by atomic mass is 10.2. The van der Waals surface area contributed by atoms with E-state index in [9.17, 15) is 13.2 Å². The van der Waals surface area contributed by atoms with Gasteiger partial charge in [-0.05, 0) is 51.1 Å². The first kappa shape index (κ1) is 19.0. The minimum atomic E-state index is -3.67. The Hall–Kier alpha value is -2.78. The van der Waals surface area contributed by atoms with Gasteiger partial charge in [0.25, 0.3) is 5.91 Å². The van der Waals surface area contributed by atoms with Gasteiger partial charge < -0.3 is 5.32 Å². The van der Waals surface area contributed by atoms with Gasteiger partial charge in [0.05, 0.1) is 10.9 Å². The molecule has 0 fully saturated rings. The van der Waals surface area contributed by atoms with Crippen LogP contribution in [0.5, 0.6) is 0 Å². The van der Waals surface area contributed by atoms with Crippen LogP contribution in [0.25, 0.3) is 5.65 Å². The van der Waals surface area contributed by atoms with Crippen molar-refractivity contribution in [2.24, 2.45) is 0 Å². The number of amides is 1. The number of aromatic nitrogens is 3. The van der Waals surface area contributed by atoms with Crippen molar-refractivity contribution >= 4 is 21.6 Å². The maximum atomic E-state index is 12.6. The van der Waals surface area contributed by atoms with E-state index < -0.39 is 22.0 Å². The van der Waals surface area contributed by atoms with E-state index in [2.05, 4.69) is 20.2 Å². The van der Waals surface area contributed by atoms with Crippen LogP contribution in [0.2, 0.25) is 0 Å². The van der Waals surface area contributed by atoms with Gasteiger partial charge >= 0.3 is 0 Å². The van der Waals surface area contributed by atoms with Crippen LogP contribution >= 0.6 is 0 Å². The summed E-state index contributed by atoms with van der Waals surface area (Å²) < 4.78 is 28.9. The van der Waals surface area contributed by atoms with Crippen molar-refractivity contribution in [2.45, 2.75) is 37.8 Å². The lowest BCUT2D eigenvalue weighted by molar-refractivity contribution is 0.0938.